The standard InChI is InChI=1S/C41H51F3N8O2S.C7H12N2O/c1-25(2)52-26(3)46-39-34(43)13-28(15-37(39)52)38-35(44)19-45-40(48-38)47-31-5-11-51(12-6-31)55-32-7-9-49(10-8-32)20-27-17-41(18-27)23-50(24-41)36-16-30(22-54-4)29(21-53)14-33(36)42;1-5-3-4-6(8-2)7(10)9-5/h13-16,19,21,25,27,31-32H,5-12,17-18,20,22-24H2,1-4H3,(H,45,47,48);6,8H,1,3-4H2,2H3,(H,9,10). The maximum Gasteiger partial charge on any atom is 0.241 e. The molecule has 4 aromatic rings. The van der Waals surface area contributed by atoms with E-state index in [1.165, 1.54) is 44.0 Å². The Morgan fingerprint density at radius 2 is 1.74 bits per heavy atom. The predicted molar refractivity (Wildman–Crippen MR) is 250 cm³/mol. The average Bonchev–Trinajstić information content (AvgIpc) is 3.60. The molecule has 3 N–H and O–H groups in total. The summed E-state index contributed by atoms with van der Waals surface area (Å²) < 4.78 is 54.7. The summed E-state index contributed by atoms with van der Waals surface area (Å²) in [6.07, 6.45) is 10.2. The molecular formula is C48H63F3N10O3S. The van der Waals surface area contributed by atoms with Gasteiger partial charge in [-0.25, -0.2) is 28.1 Å². The van der Waals surface area contributed by atoms with Crippen LogP contribution in [-0.4, -0.2) is 118 Å². The van der Waals surface area contributed by atoms with Crippen LogP contribution in [0.5, 0.6) is 0 Å². The Balaban J connectivity index is 0.000000511. The molecule has 5 fully saturated rings. The number of likely N-dealkylation sites (N-methyl/N-ethyl adjacent to an activating group) is 1. The van der Waals surface area contributed by atoms with Crippen molar-refractivity contribution < 1.29 is 27.5 Å². The first-order valence-corrected chi connectivity index (χ1v) is 23.9. The molecule has 0 bridgehead atoms. The minimum atomic E-state index is -0.592. The third-order valence-corrected chi connectivity index (χ3v) is 15.2. The molecule has 0 radical (unpaired) electrons. The summed E-state index contributed by atoms with van der Waals surface area (Å²) in [5.74, 6) is 0.384. The van der Waals surface area contributed by atoms with Crippen molar-refractivity contribution in [1.29, 1.82) is 0 Å². The molecule has 2 aromatic carbocycles. The zero-order valence-electron chi connectivity index (χ0n) is 38.3. The van der Waals surface area contributed by atoms with E-state index in [4.69, 9.17) is 4.74 Å². The number of methoxy groups -OCH3 is 1. The van der Waals surface area contributed by atoms with Crippen LogP contribution < -0.4 is 20.9 Å². The third kappa shape index (κ3) is 10.5. The van der Waals surface area contributed by atoms with Gasteiger partial charge in [-0.05, 0) is 128 Å². The van der Waals surface area contributed by atoms with E-state index in [0.717, 1.165) is 82.8 Å². The zero-order valence-corrected chi connectivity index (χ0v) is 39.1. The molecule has 1 saturated carbocycles. The normalized spacial score (nSPS) is 21.0. The Hall–Kier alpha value is -4.55. The molecule has 4 aliphatic heterocycles. The first kappa shape index (κ1) is 47.0. The number of rotatable bonds is 13. The first-order chi connectivity index (χ1) is 31.2. The second-order valence-corrected chi connectivity index (χ2v) is 20.3. The average molecular weight is 917 g/mol. The van der Waals surface area contributed by atoms with E-state index in [-0.39, 0.29) is 41.1 Å². The maximum absolute atomic E-state index is 15.1. The number of allylic oxidation sites excluding steroid dienone is 1. The molecule has 1 amide bonds. The van der Waals surface area contributed by atoms with E-state index in [1.807, 2.05) is 37.3 Å². The number of nitrogens with one attached hydrogen (secondary N) is 3. The minimum Gasteiger partial charge on any atom is -0.380 e. The van der Waals surface area contributed by atoms with Crippen LogP contribution in [0.4, 0.5) is 24.8 Å². The van der Waals surface area contributed by atoms with Crippen LogP contribution in [0.2, 0.25) is 0 Å². The molecule has 1 aliphatic carbocycles. The molecule has 5 aliphatic rings. The van der Waals surface area contributed by atoms with Crippen molar-refractivity contribution in [3.63, 3.8) is 0 Å². The minimum absolute atomic E-state index is 0.0227. The van der Waals surface area contributed by atoms with Gasteiger partial charge in [-0.15, -0.1) is 0 Å². The number of fused-ring (bicyclic) bond motifs is 1. The van der Waals surface area contributed by atoms with E-state index in [2.05, 4.69) is 51.6 Å². The molecule has 1 unspecified atom stereocenters. The second-order valence-electron chi connectivity index (χ2n) is 18.9. The predicted octanol–water partition coefficient (Wildman–Crippen LogP) is 7.66. The largest absolute Gasteiger partial charge is 0.380 e. The summed E-state index contributed by atoms with van der Waals surface area (Å²) in [5, 5.41) is 9.65. The number of anilines is 2. The molecule has 1 spiro atoms. The first-order valence-electron chi connectivity index (χ1n) is 23.0. The monoisotopic (exact) mass is 916 g/mol. The molecule has 4 saturated heterocycles. The van der Waals surface area contributed by atoms with Crippen molar-refractivity contribution in [2.45, 2.75) is 102 Å². The fourth-order valence-corrected chi connectivity index (χ4v) is 11.8. The number of amides is 1. The molecular weight excluding hydrogens is 854 g/mol. The van der Waals surface area contributed by atoms with Gasteiger partial charge in [0.05, 0.1) is 30.0 Å². The Bertz CT molecular complexity index is 2370. The van der Waals surface area contributed by atoms with Gasteiger partial charge in [-0.3, -0.25) is 13.9 Å². The van der Waals surface area contributed by atoms with E-state index >= 15 is 8.78 Å². The number of hydrogen-bond acceptors (Lipinski definition) is 12. The summed E-state index contributed by atoms with van der Waals surface area (Å²) in [4.78, 5) is 40.3. The van der Waals surface area contributed by atoms with Crippen LogP contribution in [-0.2, 0) is 16.1 Å². The zero-order chi connectivity index (χ0) is 46.0. The molecule has 350 valence electrons. The summed E-state index contributed by atoms with van der Waals surface area (Å²) in [6.45, 7) is 16.9. The number of imidazole rings is 1. The number of aldehydes is 1. The number of carbonyl (C=O) groups is 2. The Morgan fingerprint density at radius 3 is 2.40 bits per heavy atom. The number of aryl methyl sites for hydroxylation is 1. The second kappa shape index (κ2) is 20.1. The van der Waals surface area contributed by atoms with Gasteiger partial charge < -0.3 is 35.1 Å². The van der Waals surface area contributed by atoms with E-state index in [9.17, 15) is 14.0 Å². The number of carbonyl (C=O) groups excluding carboxylic acids is 2. The number of piperidine rings is 3. The van der Waals surface area contributed by atoms with Crippen molar-refractivity contribution >= 4 is 46.8 Å². The summed E-state index contributed by atoms with van der Waals surface area (Å²) in [6, 6.07) is 6.42. The molecule has 65 heavy (non-hydrogen) atoms. The highest BCUT2D eigenvalue weighted by Crippen LogP contribution is 2.53. The lowest BCUT2D eigenvalue weighted by atomic mass is 9.57. The number of benzene rings is 2. The van der Waals surface area contributed by atoms with Gasteiger partial charge >= 0.3 is 0 Å². The van der Waals surface area contributed by atoms with E-state index < -0.39 is 11.6 Å². The van der Waals surface area contributed by atoms with Gasteiger partial charge in [0.1, 0.15) is 22.9 Å². The van der Waals surface area contributed by atoms with Crippen molar-refractivity contribution in [2.75, 3.05) is 70.2 Å². The van der Waals surface area contributed by atoms with Crippen molar-refractivity contribution in [3.05, 3.63) is 77.1 Å². The fraction of sp³-hybridized carbons (Fsp3) is 0.562. The summed E-state index contributed by atoms with van der Waals surface area (Å²) >= 11 is 2.01. The maximum atomic E-state index is 15.1. The molecule has 13 nitrogen and oxygen atoms in total. The van der Waals surface area contributed by atoms with Crippen LogP contribution in [0.1, 0.15) is 93.0 Å². The quantitative estimate of drug-likeness (QED) is 0.0899. The molecule has 2 aromatic heterocycles. The van der Waals surface area contributed by atoms with Gasteiger partial charge in [-0.1, -0.05) is 18.5 Å². The highest BCUT2D eigenvalue weighted by Gasteiger charge is 2.53. The van der Waals surface area contributed by atoms with Crippen molar-refractivity contribution in [2.24, 2.45) is 11.3 Å². The lowest BCUT2D eigenvalue weighted by Gasteiger charge is -2.60. The Kier molecular flexibility index (Phi) is 14.5. The molecule has 9 rings (SSSR count). The van der Waals surface area contributed by atoms with Crippen LogP contribution >= 0.6 is 11.9 Å². The fourth-order valence-electron chi connectivity index (χ4n) is 10.5. The van der Waals surface area contributed by atoms with Gasteiger partial charge in [0.2, 0.25) is 11.9 Å². The number of likely N-dealkylation sites (tertiary alicyclic amines) is 1. The lowest BCUT2D eigenvalue weighted by molar-refractivity contribution is -0.123. The SMILES string of the molecule is C=C1CCC(NC)C(=O)N1.COCc1cc(N2CC3(CC(CN4CCC(SN5CCC(Nc6ncc(F)c(-c7cc(F)c8nc(C)n(C(C)C)c8c7)n6)CC5)CC4)C3)C2)c(F)cc1C=O. The third-order valence-electron chi connectivity index (χ3n) is 13.8. The van der Waals surface area contributed by atoms with Crippen LogP contribution in [0, 0.1) is 35.7 Å². The van der Waals surface area contributed by atoms with E-state index in [1.54, 1.807) is 26.3 Å². The van der Waals surface area contributed by atoms with E-state index in [0.29, 0.717) is 63.6 Å². The smallest absolute Gasteiger partial charge is 0.241 e. The number of hydrogen-bond donors (Lipinski definition) is 3. The Morgan fingerprint density at radius 1 is 1.00 bits per heavy atom. The molecule has 6 heterocycles. The molecule has 1 atom stereocenters. The van der Waals surface area contributed by atoms with Gasteiger partial charge in [0.15, 0.2) is 17.9 Å². The summed E-state index contributed by atoms with van der Waals surface area (Å²) in [7, 11) is 3.37. The highest BCUT2D eigenvalue weighted by atomic mass is 32.2. The number of aromatic nitrogens is 4. The van der Waals surface area contributed by atoms with Gasteiger partial charge in [0, 0.05) is 79.4 Å². The van der Waals surface area contributed by atoms with Crippen LogP contribution in [0.25, 0.3) is 22.3 Å². The number of nitrogens with zero attached hydrogens (tertiary/aromatic N) is 7. The number of ether oxygens (including phenoxy) is 1. The van der Waals surface area contributed by atoms with Crippen LogP contribution in [0.15, 0.2) is 42.7 Å². The highest BCUT2D eigenvalue weighted by molar-refractivity contribution is 7.97. The van der Waals surface area contributed by atoms with Crippen molar-refractivity contribution in [1.82, 2.24) is 39.4 Å². The molecule has 17 heteroatoms. The van der Waals surface area contributed by atoms with Crippen molar-refractivity contribution in [3.8, 4) is 11.3 Å². The lowest BCUT2D eigenvalue weighted by Crippen LogP contribution is -2.63. The number of halogens is 3. The topological polar surface area (TPSA) is 133 Å². The Labute approximate surface area is 384 Å². The van der Waals surface area contributed by atoms with Gasteiger partial charge in [-0.2, -0.15) is 0 Å². The van der Waals surface area contributed by atoms with Crippen LogP contribution in [0.3, 0.4) is 0 Å². The van der Waals surface area contributed by atoms with Gasteiger partial charge in [0.25, 0.3) is 0 Å². The summed E-state index contributed by atoms with van der Waals surface area (Å²) in [5.41, 5.74) is 4.13.